The molecule has 0 radical (unpaired) electrons. The van der Waals surface area contributed by atoms with Crippen LogP contribution in [0.1, 0.15) is 52.9 Å². The molecule has 4 aliphatic rings. The van der Waals surface area contributed by atoms with Crippen LogP contribution in [0.2, 0.25) is 0 Å². The molecule has 0 amide bonds. The van der Waals surface area contributed by atoms with Gasteiger partial charge in [-0.2, -0.15) is 0 Å². The van der Waals surface area contributed by atoms with Crippen molar-refractivity contribution in [1.82, 2.24) is 0 Å². The second-order valence-electron chi connectivity index (χ2n) is 9.19. The van der Waals surface area contributed by atoms with E-state index in [4.69, 9.17) is 0 Å². The molecule has 0 aromatic heterocycles. The van der Waals surface area contributed by atoms with Crippen molar-refractivity contribution in [2.24, 2.45) is 22.7 Å². The second kappa shape index (κ2) is 6.37. The molecule has 0 aromatic carbocycles. The van der Waals surface area contributed by atoms with Crippen LogP contribution in [0.25, 0.3) is 0 Å². The van der Waals surface area contributed by atoms with Crippen LogP contribution in [0.5, 0.6) is 0 Å². The van der Waals surface area contributed by atoms with Crippen molar-refractivity contribution in [3.05, 3.63) is 23.8 Å². The van der Waals surface area contributed by atoms with Gasteiger partial charge in [0.05, 0.1) is 10.2 Å². The SMILES string of the molecule is CCSC1(SC)CC[C@H]2[C@@H]3CCC4=CC(=O)C=C[C@]4(C)[C@@]3(F)C(O)C[C@@]21C. The molecule has 3 saturated carbocycles. The third kappa shape index (κ3) is 2.34. The molecule has 150 valence electrons. The molecule has 0 aromatic rings. The maximum absolute atomic E-state index is 16.9. The number of aliphatic hydroxyl groups excluding tert-OH is 1. The smallest absolute Gasteiger partial charge is 0.178 e. The molecule has 0 saturated heterocycles. The van der Waals surface area contributed by atoms with Crippen molar-refractivity contribution in [2.75, 3.05) is 12.0 Å². The summed E-state index contributed by atoms with van der Waals surface area (Å²) in [5.74, 6) is 1.11. The Bertz CT molecular complexity index is 721. The van der Waals surface area contributed by atoms with E-state index < -0.39 is 17.2 Å². The van der Waals surface area contributed by atoms with Gasteiger partial charge in [0.25, 0.3) is 0 Å². The molecule has 27 heavy (non-hydrogen) atoms. The lowest BCUT2D eigenvalue weighted by atomic mass is 9.46. The molecule has 0 heterocycles. The van der Waals surface area contributed by atoms with Crippen molar-refractivity contribution in [3.8, 4) is 0 Å². The molecule has 4 aliphatic carbocycles. The normalized spacial score (nSPS) is 51.4. The van der Waals surface area contributed by atoms with E-state index >= 15 is 4.39 Å². The first-order chi connectivity index (χ1) is 12.7. The zero-order valence-electron chi connectivity index (χ0n) is 16.8. The van der Waals surface area contributed by atoms with E-state index in [1.807, 2.05) is 30.4 Å². The third-order valence-corrected chi connectivity index (χ3v) is 12.0. The first-order valence-electron chi connectivity index (χ1n) is 10.2. The van der Waals surface area contributed by atoms with Gasteiger partial charge in [-0.15, -0.1) is 23.5 Å². The summed E-state index contributed by atoms with van der Waals surface area (Å²) < 4.78 is 17.0. The number of allylic oxidation sites excluding steroid dienone is 4. The number of hydrogen-bond acceptors (Lipinski definition) is 4. The summed E-state index contributed by atoms with van der Waals surface area (Å²) in [6.45, 7) is 6.40. The highest BCUT2D eigenvalue weighted by Crippen LogP contribution is 2.73. The number of alkyl halides is 1. The highest BCUT2D eigenvalue weighted by atomic mass is 32.2. The first kappa shape index (κ1) is 20.0. The Morgan fingerprint density at radius 3 is 2.70 bits per heavy atom. The van der Waals surface area contributed by atoms with Crippen molar-refractivity contribution >= 4 is 29.3 Å². The molecule has 0 bridgehead atoms. The Hall–Kier alpha value is -0.260. The first-order valence-corrected chi connectivity index (χ1v) is 12.4. The average molecular weight is 411 g/mol. The Labute approximate surface area is 170 Å². The van der Waals surface area contributed by atoms with Crippen LogP contribution in [-0.4, -0.2) is 38.8 Å². The van der Waals surface area contributed by atoms with E-state index in [1.54, 1.807) is 12.2 Å². The summed E-state index contributed by atoms with van der Waals surface area (Å²) in [6.07, 6.45) is 10.2. The molecule has 7 atom stereocenters. The van der Waals surface area contributed by atoms with Crippen LogP contribution >= 0.6 is 23.5 Å². The quantitative estimate of drug-likeness (QED) is 0.651. The predicted molar refractivity (Wildman–Crippen MR) is 113 cm³/mol. The van der Waals surface area contributed by atoms with Crippen LogP contribution < -0.4 is 0 Å². The van der Waals surface area contributed by atoms with Gasteiger partial charge >= 0.3 is 0 Å². The summed E-state index contributed by atoms with van der Waals surface area (Å²) in [5.41, 5.74) is -1.76. The van der Waals surface area contributed by atoms with Crippen molar-refractivity contribution < 1.29 is 14.3 Å². The van der Waals surface area contributed by atoms with E-state index in [0.717, 1.165) is 37.0 Å². The average Bonchev–Trinajstić information content (AvgIpc) is 2.90. The van der Waals surface area contributed by atoms with Gasteiger partial charge < -0.3 is 5.11 Å². The van der Waals surface area contributed by atoms with E-state index in [0.29, 0.717) is 6.42 Å². The lowest BCUT2D eigenvalue weighted by molar-refractivity contribution is -0.189. The lowest BCUT2D eigenvalue weighted by Gasteiger charge is -2.63. The third-order valence-electron chi connectivity index (χ3n) is 8.39. The van der Waals surface area contributed by atoms with E-state index in [2.05, 4.69) is 20.1 Å². The number of thioether (sulfide) groups is 2. The minimum absolute atomic E-state index is 0.0544. The summed E-state index contributed by atoms with van der Waals surface area (Å²) in [5, 5.41) is 11.3. The Morgan fingerprint density at radius 1 is 1.30 bits per heavy atom. The molecular weight excluding hydrogens is 379 g/mol. The lowest BCUT2D eigenvalue weighted by Crippen LogP contribution is -2.67. The van der Waals surface area contributed by atoms with Crippen LogP contribution in [0.3, 0.4) is 0 Å². The molecule has 1 N–H and O–H groups in total. The Balaban J connectivity index is 1.80. The summed E-state index contributed by atoms with van der Waals surface area (Å²) in [4.78, 5) is 11.9. The molecule has 3 fully saturated rings. The fourth-order valence-corrected chi connectivity index (χ4v) is 10.2. The zero-order valence-corrected chi connectivity index (χ0v) is 18.4. The molecular formula is C22H31FO2S2. The minimum atomic E-state index is -1.69. The summed E-state index contributed by atoms with van der Waals surface area (Å²) in [6, 6.07) is 0. The van der Waals surface area contributed by atoms with E-state index in [-0.39, 0.29) is 27.1 Å². The number of carbonyl (C=O) groups excluding carboxylic acids is 1. The largest absolute Gasteiger partial charge is 0.390 e. The van der Waals surface area contributed by atoms with Crippen LogP contribution in [0.4, 0.5) is 4.39 Å². The van der Waals surface area contributed by atoms with E-state index in [9.17, 15) is 9.90 Å². The van der Waals surface area contributed by atoms with Gasteiger partial charge in [0.2, 0.25) is 0 Å². The molecule has 2 unspecified atom stereocenters. The number of fused-ring (bicyclic) bond motifs is 5. The maximum atomic E-state index is 16.9. The van der Waals surface area contributed by atoms with Crippen LogP contribution in [0, 0.1) is 22.7 Å². The summed E-state index contributed by atoms with van der Waals surface area (Å²) in [7, 11) is 0. The van der Waals surface area contributed by atoms with Crippen molar-refractivity contribution in [1.29, 1.82) is 0 Å². The number of carbonyl (C=O) groups is 1. The van der Waals surface area contributed by atoms with Crippen LogP contribution in [0.15, 0.2) is 23.8 Å². The van der Waals surface area contributed by atoms with Gasteiger partial charge in [0.1, 0.15) is 0 Å². The minimum Gasteiger partial charge on any atom is -0.390 e. The standard InChI is InChI=1S/C22H31FO2S2/c1-5-27-21(26-4)11-9-16-17-7-6-14-12-15(24)8-10-19(14,2)22(17,23)18(25)13-20(16,21)3/h8,10,12,16-18,25H,5-7,9,11,13H2,1-4H3/t16-,17-,18?,19-,20-,21?,22-/m0/s1. The molecule has 4 rings (SSSR count). The number of hydrogen-bond donors (Lipinski definition) is 1. The predicted octanol–water partition coefficient (Wildman–Crippen LogP) is 5.17. The van der Waals surface area contributed by atoms with Gasteiger partial charge in [0.15, 0.2) is 11.5 Å². The van der Waals surface area contributed by atoms with Gasteiger partial charge in [-0.1, -0.05) is 25.5 Å². The van der Waals surface area contributed by atoms with Gasteiger partial charge in [-0.25, -0.2) is 4.39 Å². The molecule has 2 nitrogen and oxygen atoms in total. The molecule has 0 aliphatic heterocycles. The fourth-order valence-electron chi connectivity index (χ4n) is 7.02. The highest BCUT2D eigenvalue weighted by molar-refractivity contribution is 8.18. The Kier molecular flexibility index (Phi) is 4.72. The maximum Gasteiger partial charge on any atom is 0.178 e. The topological polar surface area (TPSA) is 37.3 Å². The monoisotopic (exact) mass is 410 g/mol. The van der Waals surface area contributed by atoms with E-state index in [1.165, 1.54) is 6.08 Å². The Morgan fingerprint density at radius 2 is 2.04 bits per heavy atom. The molecule has 0 spiro atoms. The number of ketones is 1. The zero-order chi connectivity index (χ0) is 19.7. The molecule has 5 heteroatoms. The van der Waals surface area contributed by atoms with Gasteiger partial charge in [-0.05, 0) is 74.5 Å². The number of aliphatic hydroxyl groups is 1. The fraction of sp³-hybridized carbons (Fsp3) is 0.773. The number of rotatable bonds is 3. The number of halogens is 1. The van der Waals surface area contributed by atoms with Crippen molar-refractivity contribution in [3.63, 3.8) is 0 Å². The summed E-state index contributed by atoms with van der Waals surface area (Å²) >= 11 is 3.90. The highest BCUT2D eigenvalue weighted by Gasteiger charge is 2.72. The van der Waals surface area contributed by atoms with Crippen molar-refractivity contribution in [2.45, 2.75) is 68.7 Å². The van der Waals surface area contributed by atoms with Gasteiger partial charge in [0, 0.05) is 11.3 Å². The second-order valence-corrected chi connectivity index (χ2v) is 12.1. The van der Waals surface area contributed by atoms with Gasteiger partial charge in [-0.3, -0.25) is 4.79 Å². The van der Waals surface area contributed by atoms with Crippen LogP contribution in [-0.2, 0) is 4.79 Å².